The molecule has 1 aromatic rings. The van der Waals surface area contributed by atoms with E-state index in [-0.39, 0.29) is 0 Å². The summed E-state index contributed by atoms with van der Waals surface area (Å²) in [5, 5.41) is 3.39. The van der Waals surface area contributed by atoms with Crippen molar-refractivity contribution in [1.29, 1.82) is 0 Å². The Kier molecular flexibility index (Phi) is 6.16. The van der Waals surface area contributed by atoms with Gasteiger partial charge in [0, 0.05) is 6.04 Å². The number of hydrogen-bond acceptors (Lipinski definition) is 3. The second-order valence-electron chi connectivity index (χ2n) is 4.78. The van der Waals surface area contributed by atoms with Gasteiger partial charge >= 0.3 is 0 Å². The fraction of sp³-hybridized carbons (Fsp3) is 0.600. The molecular weight excluding hydrogens is 224 g/mol. The molecule has 0 radical (unpaired) electrons. The van der Waals surface area contributed by atoms with E-state index in [4.69, 9.17) is 10.5 Å². The molecule has 2 unspecified atom stereocenters. The summed E-state index contributed by atoms with van der Waals surface area (Å²) in [5.41, 5.74) is 8.14. The lowest BCUT2D eigenvalue weighted by atomic mass is 9.91. The van der Waals surface area contributed by atoms with Crippen LogP contribution in [0.25, 0.3) is 0 Å². The van der Waals surface area contributed by atoms with Crippen molar-refractivity contribution in [3.8, 4) is 5.75 Å². The van der Waals surface area contributed by atoms with Crippen LogP contribution in [0.4, 0.5) is 0 Å². The monoisotopic (exact) mass is 250 g/mol. The van der Waals surface area contributed by atoms with Gasteiger partial charge in [-0.15, -0.1) is 0 Å². The molecule has 102 valence electrons. The van der Waals surface area contributed by atoms with Crippen LogP contribution in [-0.4, -0.2) is 20.2 Å². The van der Waals surface area contributed by atoms with E-state index in [0.717, 1.165) is 18.7 Å². The highest BCUT2D eigenvalue weighted by molar-refractivity contribution is 5.37. The van der Waals surface area contributed by atoms with Crippen LogP contribution in [0.2, 0.25) is 0 Å². The lowest BCUT2D eigenvalue weighted by Gasteiger charge is -2.24. The summed E-state index contributed by atoms with van der Waals surface area (Å²) in [6.45, 7) is 7.77. The SMILES string of the molecule is CCOc1ccc(C(NC)C(C)CCN)cc1C. The van der Waals surface area contributed by atoms with Crippen LogP contribution < -0.4 is 15.8 Å². The summed E-state index contributed by atoms with van der Waals surface area (Å²) in [5.74, 6) is 1.50. The smallest absolute Gasteiger partial charge is 0.122 e. The number of benzene rings is 1. The van der Waals surface area contributed by atoms with Gasteiger partial charge in [-0.2, -0.15) is 0 Å². The molecule has 0 saturated heterocycles. The van der Waals surface area contributed by atoms with Gasteiger partial charge in [0.15, 0.2) is 0 Å². The Balaban J connectivity index is 2.90. The predicted octanol–water partition coefficient (Wildman–Crippen LogP) is 2.64. The minimum absolute atomic E-state index is 0.350. The molecule has 18 heavy (non-hydrogen) atoms. The number of rotatable bonds is 7. The highest BCUT2D eigenvalue weighted by atomic mass is 16.5. The van der Waals surface area contributed by atoms with E-state index >= 15 is 0 Å². The van der Waals surface area contributed by atoms with Crippen LogP contribution in [0, 0.1) is 12.8 Å². The quantitative estimate of drug-likeness (QED) is 0.782. The predicted molar refractivity (Wildman–Crippen MR) is 77.0 cm³/mol. The van der Waals surface area contributed by atoms with Gasteiger partial charge in [0.25, 0.3) is 0 Å². The highest BCUT2D eigenvalue weighted by Gasteiger charge is 2.17. The zero-order valence-electron chi connectivity index (χ0n) is 12.0. The Labute approximate surface area is 111 Å². The largest absolute Gasteiger partial charge is 0.494 e. The van der Waals surface area contributed by atoms with Crippen LogP contribution in [0.1, 0.15) is 37.4 Å². The fourth-order valence-electron chi connectivity index (χ4n) is 2.39. The van der Waals surface area contributed by atoms with Gasteiger partial charge in [-0.3, -0.25) is 0 Å². The van der Waals surface area contributed by atoms with E-state index in [1.54, 1.807) is 0 Å². The molecule has 2 atom stereocenters. The summed E-state index contributed by atoms with van der Waals surface area (Å²) in [6.07, 6.45) is 1.03. The van der Waals surface area contributed by atoms with Crippen molar-refractivity contribution in [3.05, 3.63) is 29.3 Å². The summed E-state index contributed by atoms with van der Waals surface area (Å²) < 4.78 is 5.57. The Hall–Kier alpha value is -1.06. The van der Waals surface area contributed by atoms with Gasteiger partial charge in [0.2, 0.25) is 0 Å². The molecule has 0 aliphatic rings. The number of hydrogen-bond donors (Lipinski definition) is 2. The molecule has 0 aromatic heterocycles. The molecule has 0 aliphatic carbocycles. The van der Waals surface area contributed by atoms with Gasteiger partial charge in [0.1, 0.15) is 5.75 Å². The normalized spacial score (nSPS) is 14.3. The van der Waals surface area contributed by atoms with Gasteiger partial charge in [-0.25, -0.2) is 0 Å². The number of nitrogens with two attached hydrogens (primary N) is 1. The third-order valence-electron chi connectivity index (χ3n) is 3.36. The Bertz CT molecular complexity index is 366. The van der Waals surface area contributed by atoms with Crippen molar-refractivity contribution in [2.75, 3.05) is 20.2 Å². The number of aryl methyl sites for hydroxylation is 1. The average molecular weight is 250 g/mol. The van der Waals surface area contributed by atoms with E-state index in [9.17, 15) is 0 Å². The maximum Gasteiger partial charge on any atom is 0.122 e. The van der Waals surface area contributed by atoms with Crippen LogP contribution in [0.3, 0.4) is 0 Å². The number of nitrogens with one attached hydrogen (secondary N) is 1. The highest BCUT2D eigenvalue weighted by Crippen LogP contribution is 2.28. The molecule has 3 N–H and O–H groups in total. The minimum atomic E-state index is 0.350. The van der Waals surface area contributed by atoms with E-state index in [0.29, 0.717) is 18.6 Å². The first-order valence-electron chi connectivity index (χ1n) is 6.74. The van der Waals surface area contributed by atoms with E-state index in [1.165, 1.54) is 11.1 Å². The van der Waals surface area contributed by atoms with Crippen LogP contribution in [-0.2, 0) is 0 Å². The lowest BCUT2D eigenvalue weighted by Crippen LogP contribution is -2.25. The maximum atomic E-state index is 5.65. The van der Waals surface area contributed by atoms with Crippen LogP contribution >= 0.6 is 0 Å². The van der Waals surface area contributed by atoms with Crippen molar-refractivity contribution < 1.29 is 4.74 Å². The molecule has 0 saturated carbocycles. The van der Waals surface area contributed by atoms with Crippen molar-refractivity contribution in [3.63, 3.8) is 0 Å². The Morgan fingerprint density at radius 2 is 2.11 bits per heavy atom. The van der Waals surface area contributed by atoms with Gasteiger partial charge in [0.05, 0.1) is 6.61 Å². The molecule has 0 amide bonds. The summed E-state index contributed by atoms with van der Waals surface area (Å²) >= 11 is 0. The van der Waals surface area contributed by atoms with Gasteiger partial charge in [-0.05, 0) is 57.0 Å². The molecular formula is C15H26N2O. The topological polar surface area (TPSA) is 47.3 Å². The van der Waals surface area contributed by atoms with Crippen molar-refractivity contribution in [1.82, 2.24) is 5.32 Å². The van der Waals surface area contributed by atoms with Crippen molar-refractivity contribution >= 4 is 0 Å². The van der Waals surface area contributed by atoms with Gasteiger partial charge < -0.3 is 15.8 Å². The maximum absolute atomic E-state index is 5.65. The molecule has 1 rings (SSSR count). The molecule has 3 heteroatoms. The minimum Gasteiger partial charge on any atom is -0.494 e. The number of ether oxygens (including phenoxy) is 1. The molecule has 0 heterocycles. The fourth-order valence-corrected chi connectivity index (χ4v) is 2.39. The summed E-state index contributed by atoms with van der Waals surface area (Å²) in [6, 6.07) is 6.77. The second-order valence-corrected chi connectivity index (χ2v) is 4.78. The molecule has 0 fully saturated rings. The standard InChI is InChI=1S/C15H26N2O/c1-5-18-14-7-6-13(10-12(14)3)15(17-4)11(2)8-9-16/h6-7,10-11,15,17H,5,8-9,16H2,1-4H3. The van der Waals surface area contributed by atoms with Gasteiger partial charge in [-0.1, -0.05) is 19.1 Å². The Morgan fingerprint density at radius 1 is 1.39 bits per heavy atom. The molecule has 0 bridgehead atoms. The Morgan fingerprint density at radius 3 is 2.61 bits per heavy atom. The zero-order chi connectivity index (χ0) is 13.5. The molecule has 0 spiro atoms. The first kappa shape index (κ1) is 15.0. The molecule has 1 aromatic carbocycles. The molecule has 3 nitrogen and oxygen atoms in total. The summed E-state index contributed by atoms with van der Waals surface area (Å²) in [4.78, 5) is 0. The lowest BCUT2D eigenvalue weighted by molar-refractivity contribution is 0.337. The van der Waals surface area contributed by atoms with Crippen molar-refractivity contribution in [2.24, 2.45) is 11.7 Å². The second kappa shape index (κ2) is 7.39. The van der Waals surface area contributed by atoms with E-state index in [1.807, 2.05) is 14.0 Å². The first-order valence-corrected chi connectivity index (χ1v) is 6.74. The van der Waals surface area contributed by atoms with E-state index < -0.39 is 0 Å². The zero-order valence-corrected chi connectivity index (χ0v) is 12.0. The van der Waals surface area contributed by atoms with E-state index in [2.05, 4.69) is 37.4 Å². The first-order chi connectivity index (χ1) is 8.63. The van der Waals surface area contributed by atoms with Crippen LogP contribution in [0.15, 0.2) is 18.2 Å². The summed E-state index contributed by atoms with van der Waals surface area (Å²) in [7, 11) is 2.00. The third kappa shape index (κ3) is 3.72. The third-order valence-corrected chi connectivity index (χ3v) is 3.36. The average Bonchev–Trinajstić information content (AvgIpc) is 2.34. The van der Waals surface area contributed by atoms with Crippen molar-refractivity contribution in [2.45, 2.75) is 33.2 Å². The van der Waals surface area contributed by atoms with Crippen LogP contribution in [0.5, 0.6) is 5.75 Å². The molecule has 0 aliphatic heterocycles.